The molecule has 6 heteroatoms. The lowest BCUT2D eigenvalue weighted by atomic mass is 10.1. The molecular formula is C24H37N5O. The SMILES string of the molecule is CCC(=O)N(Cc1c(C)nn(-c2ccccc2)c1N1CCN(CC)CC1)CC(C)C. The van der Waals surface area contributed by atoms with Gasteiger partial charge in [0.1, 0.15) is 5.82 Å². The number of likely N-dealkylation sites (N-methyl/N-ethyl adjacent to an activating group) is 1. The number of rotatable bonds is 8. The molecule has 0 bridgehead atoms. The highest BCUT2D eigenvalue weighted by atomic mass is 16.2. The second-order valence-electron chi connectivity index (χ2n) is 8.58. The van der Waals surface area contributed by atoms with Crippen LogP contribution in [0.2, 0.25) is 0 Å². The Balaban J connectivity index is 2.01. The van der Waals surface area contributed by atoms with Gasteiger partial charge in [-0.25, -0.2) is 4.68 Å². The van der Waals surface area contributed by atoms with E-state index in [4.69, 9.17) is 5.10 Å². The van der Waals surface area contributed by atoms with E-state index in [0.29, 0.717) is 18.9 Å². The van der Waals surface area contributed by atoms with Gasteiger partial charge in [0, 0.05) is 44.7 Å². The van der Waals surface area contributed by atoms with Crippen LogP contribution in [-0.2, 0) is 11.3 Å². The first-order valence-electron chi connectivity index (χ1n) is 11.3. The molecule has 1 saturated heterocycles. The summed E-state index contributed by atoms with van der Waals surface area (Å²) in [6.07, 6.45) is 0.531. The number of anilines is 1. The first-order valence-corrected chi connectivity index (χ1v) is 11.3. The third-order valence-corrected chi connectivity index (χ3v) is 5.87. The summed E-state index contributed by atoms with van der Waals surface area (Å²) in [7, 11) is 0. The lowest BCUT2D eigenvalue weighted by Crippen LogP contribution is -2.47. The van der Waals surface area contributed by atoms with Crippen molar-refractivity contribution >= 4 is 11.7 Å². The summed E-state index contributed by atoms with van der Waals surface area (Å²) in [5.41, 5.74) is 3.24. The van der Waals surface area contributed by atoms with Gasteiger partial charge in [-0.15, -0.1) is 0 Å². The Morgan fingerprint density at radius 1 is 1.10 bits per heavy atom. The molecule has 30 heavy (non-hydrogen) atoms. The van der Waals surface area contributed by atoms with Gasteiger partial charge in [-0.2, -0.15) is 5.10 Å². The number of aromatic nitrogens is 2. The zero-order valence-corrected chi connectivity index (χ0v) is 19.3. The molecule has 0 aliphatic carbocycles. The van der Waals surface area contributed by atoms with Crippen molar-refractivity contribution in [2.75, 3.05) is 44.2 Å². The molecular weight excluding hydrogens is 374 g/mol. The van der Waals surface area contributed by atoms with Crippen molar-refractivity contribution in [3.05, 3.63) is 41.6 Å². The Morgan fingerprint density at radius 2 is 1.77 bits per heavy atom. The Bertz CT molecular complexity index is 822. The van der Waals surface area contributed by atoms with E-state index in [1.165, 1.54) is 5.56 Å². The summed E-state index contributed by atoms with van der Waals surface area (Å²) in [6.45, 7) is 17.1. The van der Waals surface area contributed by atoms with Crippen molar-refractivity contribution in [3.8, 4) is 5.69 Å². The molecule has 0 N–H and O–H groups in total. The first kappa shape index (κ1) is 22.3. The maximum Gasteiger partial charge on any atom is 0.222 e. The molecule has 0 unspecified atom stereocenters. The van der Waals surface area contributed by atoms with Crippen LogP contribution in [0.1, 0.15) is 45.4 Å². The number of hydrogen-bond acceptors (Lipinski definition) is 4. The molecule has 164 valence electrons. The highest BCUT2D eigenvalue weighted by molar-refractivity contribution is 5.76. The van der Waals surface area contributed by atoms with Crippen LogP contribution in [0, 0.1) is 12.8 Å². The summed E-state index contributed by atoms with van der Waals surface area (Å²) in [5, 5.41) is 4.94. The zero-order valence-electron chi connectivity index (χ0n) is 19.3. The average Bonchev–Trinajstić information content (AvgIpc) is 3.09. The number of carbonyl (C=O) groups excluding carboxylic acids is 1. The van der Waals surface area contributed by atoms with Gasteiger partial charge < -0.3 is 14.7 Å². The second kappa shape index (κ2) is 10.1. The molecule has 1 aromatic heterocycles. The maximum atomic E-state index is 12.7. The van der Waals surface area contributed by atoms with Gasteiger partial charge in [-0.3, -0.25) is 4.79 Å². The van der Waals surface area contributed by atoms with Gasteiger partial charge in [-0.1, -0.05) is 45.9 Å². The predicted octanol–water partition coefficient (Wildman–Crippen LogP) is 3.72. The van der Waals surface area contributed by atoms with E-state index < -0.39 is 0 Å². The molecule has 1 fully saturated rings. The van der Waals surface area contributed by atoms with Gasteiger partial charge >= 0.3 is 0 Å². The minimum Gasteiger partial charge on any atom is -0.354 e. The summed E-state index contributed by atoms with van der Waals surface area (Å²) in [4.78, 5) is 19.6. The molecule has 0 spiro atoms. The monoisotopic (exact) mass is 411 g/mol. The van der Waals surface area contributed by atoms with Crippen LogP contribution in [0.3, 0.4) is 0 Å². The van der Waals surface area contributed by atoms with Crippen LogP contribution < -0.4 is 4.90 Å². The molecule has 1 amide bonds. The van der Waals surface area contributed by atoms with Crippen LogP contribution in [0.15, 0.2) is 30.3 Å². The average molecular weight is 412 g/mol. The van der Waals surface area contributed by atoms with Gasteiger partial charge in [0.2, 0.25) is 5.91 Å². The molecule has 6 nitrogen and oxygen atoms in total. The number of para-hydroxylation sites is 1. The largest absolute Gasteiger partial charge is 0.354 e. The number of amides is 1. The van der Waals surface area contributed by atoms with Gasteiger partial charge in [0.25, 0.3) is 0 Å². The summed E-state index contributed by atoms with van der Waals surface area (Å²) in [5.74, 6) is 1.78. The van der Waals surface area contributed by atoms with E-state index in [-0.39, 0.29) is 5.91 Å². The smallest absolute Gasteiger partial charge is 0.222 e. The van der Waals surface area contributed by atoms with Crippen LogP contribution >= 0.6 is 0 Å². The number of piperazine rings is 1. The topological polar surface area (TPSA) is 44.6 Å². The number of benzene rings is 1. The molecule has 1 aliphatic rings. The number of nitrogens with zero attached hydrogens (tertiary/aromatic N) is 5. The van der Waals surface area contributed by atoms with E-state index in [1.54, 1.807) is 0 Å². The lowest BCUT2D eigenvalue weighted by molar-refractivity contribution is -0.132. The second-order valence-corrected chi connectivity index (χ2v) is 8.58. The fourth-order valence-corrected chi connectivity index (χ4v) is 4.19. The predicted molar refractivity (Wildman–Crippen MR) is 123 cm³/mol. The molecule has 0 atom stereocenters. The normalized spacial score (nSPS) is 15.1. The van der Waals surface area contributed by atoms with Gasteiger partial charge in [-0.05, 0) is 31.5 Å². The van der Waals surface area contributed by atoms with E-state index in [1.807, 2.05) is 17.9 Å². The fraction of sp³-hybridized carbons (Fsp3) is 0.583. The van der Waals surface area contributed by atoms with E-state index in [9.17, 15) is 4.79 Å². The first-order chi connectivity index (χ1) is 14.4. The quantitative estimate of drug-likeness (QED) is 0.664. The highest BCUT2D eigenvalue weighted by Gasteiger charge is 2.27. The van der Waals surface area contributed by atoms with Crippen molar-refractivity contribution in [2.24, 2.45) is 5.92 Å². The van der Waals surface area contributed by atoms with Crippen molar-refractivity contribution in [3.63, 3.8) is 0 Å². The Kier molecular flexibility index (Phi) is 7.53. The summed E-state index contributed by atoms with van der Waals surface area (Å²) >= 11 is 0. The lowest BCUT2D eigenvalue weighted by Gasteiger charge is -2.36. The van der Waals surface area contributed by atoms with Crippen LogP contribution in [-0.4, -0.2) is 64.8 Å². The number of carbonyl (C=O) groups is 1. The standard InChI is InChI=1S/C24H37N5O/c1-6-23(30)28(17-19(3)4)18-22-20(5)25-29(21-11-9-8-10-12-21)24(22)27-15-13-26(7-2)14-16-27/h8-12,19H,6-7,13-18H2,1-5H3. The van der Waals surface area contributed by atoms with Crippen LogP contribution in [0.4, 0.5) is 5.82 Å². The Morgan fingerprint density at radius 3 is 2.33 bits per heavy atom. The van der Waals surface area contributed by atoms with Crippen molar-refractivity contribution in [1.82, 2.24) is 19.6 Å². The van der Waals surface area contributed by atoms with Crippen molar-refractivity contribution in [1.29, 1.82) is 0 Å². The van der Waals surface area contributed by atoms with Crippen LogP contribution in [0.25, 0.3) is 5.69 Å². The Labute approximate surface area is 181 Å². The summed E-state index contributed by atoms with van der Waals surface area (Å²) in [6, 6.07) is 10.3. The third kappa shape index (κ3) is 5.04. The molecule has 0 radical (unpaired) electrons. The van der Waals surface area contributed by atoms with Crippen molar-refractivity contribution < 1.29 is 4.79 Å². The molecule has 2 aromatic rings. The number of aryl methyl sites for hydroxylation is 1. The summed E-state index contributed by atoms with van der Waals surface area (Å²) < 4.78 is 2.08. The molecule has 1 aromatic carbocycles. The Hall–Kier alpha value is -2.34. The minimum atomic E-state index is 0.206. The van der Waals surface area contributed by atoms with Gasteiger partial charge in [0.15, 0.2) is 0 Å². The molecule has 3 rings (SSSR count). The van der Waals surface area contributed by atoms with Gasteiger partial charge in [0.05, 0.1) is 17.9 Å². The molecule has 0 saturated carbocycles. The van der Waals surface area contributed by atoms with E-state index in [0.717, 1.165) is 56.5 Å². The van der Waals surface area contributed by atoms with E-state index >= 15 is 0 Å². The zero-order chi connectivity index (χ0) is 21.7. The highest BCUT2D eigenvalue weighted by Crippen LogP contribution is 2.30. The minimum absolute atomic E-state index is 0.206. The van der Waals surface area contributed by atoms with Crippen molar-refractivity contribution in [2.45, 2.75) is 47.6 Å². The number of hydrogen-bond donors (Lipinski definition) is 0. The molecule has 1 aliphatic heterocycles. The maximum absolute atomic E-state index is 12.7. The van der Waals surface area contributed by atoms with Crippen LogP contribution in [0.5, 0.6) is 0 Å². The van der Waals surface area contributed by atoms with E-state index in [2.05, 4.69) is 66.4 Å². The third-order valence-electron chi connectivity index (χ3n) is 5.87. The molecule has 2 heterocycles. The fourth-order valence-electron chi connectivity index (χ4n) is 4.19.